The Morgan fingerprint density at radius 2 is 1.81 bits per heavy atom. The lowest BCUT2D eigenvalue weighted by Crippen LogP contribution is -2.45. The summed E-state index contributed by atoms with van der Waals surface area (Å²) in [6.45, 7) is 13.9. The van der Waals surface area contributed by atoms with Gasteiger partial charge in [-0.25, -0.2) is 4.79 Å². The van der Waals surface area contributed by atoms with E-state index in [1.165, 1.54) is 11.3 Å². The van der Waals surface area contributed by atoms with E-state index in [0.717, 1.165) is 23.3 Å². The van der Waals surface area contributed by atoms with Crippen LogP contribution in [0.2, 0.25) is 0 Å². The van der Waals surface area contributed by atoms with Gasteiger partial charge in [-0.3, -0.25) is 14.5 Å². The summed E-state index contributed by atoms with van der Waals surface area (Å²) in [7, 11) is 0. The first-order chi connectivity index (χ1) is 14.7. The van der Waals surface area contributed by atoms with Gasteiger partial charge in [0.1, 0.15) is 5.00 Å². The Bertz CT molecular complexity index is 782. The third-order valence-corrected chi connectivity index (χ3v) is 7.05. The average molecular weight is 452 g/mol. The largest absolute Gasteiger partial charge is 0.462 e. The Morgan fingerprint density at radius 3 is 2.35 bits per heavy atom. The molecule has 1 saturated heterocycles. The summed E-state index contributed by atoms with van der Waals surface area (Å²) < 4.78 is 5.20. The van der Waals surface area contributed by atoms with Crippen LogP contribution in [0.25, 0.3) is 0 Å². The standard InChI is InChI=1S/C23H37N3O4S/c1-7-18-16(6)31-22(20(18)23(29)30-8-2)25-19(27)13-26-11-9-17(10-12-26)21(28)24-15(5)14(3)4/h14-15,17H,7-13H2,1-6H3,(H,24,28)(H,25,27). The Morgan fingerprint density at radius 1 is 1.16 bits per heavy atom. The summed E-state index contributed by atoms with van der Waals surface area (Å²) in [5.41, 5.74) is 1.41. The van der Waals surface area contributed by atoms with Gasteiger partial charge in [-0.15, -0.1) is 11.3 Å². The van der Waals surface area contributed by atoms with Crippen LogP contribution >= 0.6 is 11.3 Å². The van der Waals surface area contributed by atoms with Crippen LogP contribution < -0.4 is 10.6 Å². The van der Waals surface area contributed by atoms with Crippen molar-refractivity contribution in [3.8, 4) is 0 Å². The van der Waals surface area contributed by atoms with E-state index < -0.39 is 0 Å². The molecular weight excluding hydrogens is 414 g/mol. The minimum Gasteiger partial charge on any atom is -0.462 e. The van der Waals surface area contributed by atoms with Crippen molar-refractivity contribution in [3.63, 3.8) is 0 Å². The number of hydrogen-bond acceptors (Lipinski definition) is 6. The maximum Gasteiger partial charge on any atom is 0.341 e. The summed E-state index contributed by atoms with van der Waals surface area (Å²) in [5, 5.41) is 6.59. The van der Waals surface area contributed by atoms with Crippen LogP contribution in [0.1, 0.15) is 68.3 Å². The SMILES string of the molecule is CCOC(=O)c1c(NC(=O)CN2CCC(C(=O)NC(C)C(C)C)CC2)sc(C)c1CC. The van der Waals surface area contributed by atoms with Crippen LogP contribution in [0.5, 0.6) is 0 Å². The first-order valence-electron chi connectivity index (χ1n) is 11.3. The lowest BCUT2D eigenvalue weighted by Gasteiger charge is -2.31. The van der Waals surface area contributed by atoms with Crippen LogP contribution in [0.15, 0.2) is 0 Å². The topological polar surface area (TPSA) is 87.7 Å². The van der Waals surface area contributed by atoms with E-state index in [1.807, 2.05) is 20.8 Å². The summed E-state index contributed by atoms with van der Waals surface area (Å²) >= 11 is 1.42. The highest BCUT2D eigenvalue weighted by atomic mass is 32.1. The van der Waals surface area contributed by atoms with Gasteiger partial charge in [0, 0.05) is 16.8 Å². The van der Waals surface area contributed by atoms with Gasteiger partial charge in [0.25, 0.3) is 0 Å². The Kier molecular flexibility index (Phi) is 9.50. The molecule has 1 aliphatic rings. The van der Waals surface area contributed by atoms with Crippen molar-refractivity contribution in [2.24, 2.45) is 11.8 Å². The fraction of sp³-hybridized carbons (Fsp3) is 0.696. The highest BCUT2D eigenvalue weighted by Gasteiger charge is 2.28. The molecule has 1 aromatic heterocycles. The van der Waals surface area contributed by atoms with Gasteiger partial charge in [0.05, 0.1) is 18.7 Å². The smallest absolute Gasteiger partial charge is 0.341 e. The molecule has 1 fully saturated rings. The number of esters is 1. The molecule has 8 heteroatoms. The zero-order valence-corrected chi connectivity index (χ0v) is 20.5. The van der Waals surface area contributed by atoms with Crippen LogP contribution in [0.3, 0.4) is 0 Å². The number of anilines is 1. The molecule has 1 unspecified atom stereocenters. The first-order valence-corrected chi connectivity index (χ1v) is 12.1. The molecule has 0 aliphatic carbocycles. The van der Waals surface area contributed by atoms with Crippen LogP contribution in [0.4, 0.5) is 5.00 Å². The molecule has 2 rings (SSSR count). The number of hydrogen-bond donors (Lipinski definition) is 2. The zero-order chi connectivity index (χ0) is 23.1. The molecule has 2 N–H and O–H groups in total. The maximum atomic E-state index is 12.7. The molecule has 1 aromatic rings. The molecule has 2 amide bonds. The number of nitrogens with one attached hydrogen (secondary N) is 2. The second-order valence-electron chi connectivity index (χ2n) is 8.55. The van der Waals surface area contributed by atoms with Gasteiger partial charge in [-0.05, 0) is 64.6 Å². The quantitative estimate of drug-likeness (QED) is 0.560. The van der Waals surface area contributed by atoms with E-state index in [-0.39, 0.29) is 36.3 Å². The predicted octanol–water partition coefficient (Wildman–Crippen LogP) is 3.61. The summed E-state index contributed by atoms with van der Waals surface area (Å²) in [5.74, 6) is -0.0119. The Labute approximate surface area is 189 Å². The molecule has 0 aromatic carbocycles. The number of piperidine rings is 1. The molecule has 0 bridgehead atoms. The minimum atomic E-state index is -0.388. The lowest BCUT2D eigenvalue weighted by atomic mass is 9.95. The molecule has 0 radical (unpaired) electrons. The fourth-order valence-electron chi connectivity index (χ4n) is 3.74. The van der Waals surface area contributed by atoms with E-state index in [0.29, 0.717) is 42.6 Å². The molecule has 31 heavy (non-hydrogen) atoms. The minimum absolute atomic E-state index is 0.00276. The lowest BCUT2D eigenvalue weighted by molar-refractivity contribution is -0.127. The highest BCUT2D eigenvalue weighted by molar-refractivity contribution is 7.16. The number of amides is 2. The van der Waals surface area contributed by atoms with Crippen LogP contribution in [-0.2, 0) is 20.7 Å². The average Bonchev–Trinajstić information content (AvgIpc) is 3.03. The van der Waals surface area contributed by atoms with E-state index in [9.17, 15) is 14.4 Å². The normalized spacial score (nSPS) is 16.2. The molecular formula is C23H37N3O4S. The summed E-state index contributed by atoms with van der Waals surface area (Å²) in [6, 6.07) is 0.159. The number of carbonyl (C=O) groups is 3. The van der Waals surface area contributed by atoms with E-state index in [1.54, 1.807) is 6.92 Å². The number of aryl methyl sites for hydroxylation is 1. The van der Waals surface area contributed by atoms with Gasteiger partial charge in [0.15, 0.2) is 0 Å². The monoisotopic (exact) mass is 451 g/mol. The van der Waals surface area contributed by atoms with Gasteiger partial charge >= 0.3 is 5.97 Å². The highest BCUT2D eigenvalue weighted by Crippen LogP contribution is 2.34. The second kappa shape index (κ2) is 11.6. The Hall–Kier alpha value is -1.93. The first kappa shape index (κ1) is 25.3. The molecule has 1 atom stereocenters. The number of nitrogens with zero attached hydrogens (tertiary/aromatic N) is 1. The van der Waals surface area contributed by atoms with Crippen LogP contribution in [-0.4, -0.2) is 55.0 Å². The maximum absolute atomic E-state index is 12.7. The summed E-state index contributed by atoms with van der Waals surface area (Å²) in [6.07, 6.45) is 2.20. The number of carbonyl (C=O) groups excluding carboxylic acids is 3. The van der Waals surface area contributed by atoms with Crippen molar-refractivity contribution < 1.29 is 19.1 Å². The van der Waals surface area contributed by atoms with E-state index in [4.69, 9.17) is 4.74 Å². The Balaban J connectivity index is 1.92. The van der Waals surface area contributed by atoms with Gasteiger partial charge in [-0.2, -0.15) is 0 Å². The number of ether oxygens (including phenoxy) is 1. The van der Waals surface area contributed by atoms with Crippen molar-refractivity contribution in [1.82, 2.24) is 10.2 Å². The van der Waals surface area contributed by atoms with Gasteiger partial charge in [0.2, 0.25) is 11.8 Å². The molecule has 2 heterocycles. The predicted molar refractivity (Wildman–Crippen MR) is 125 cm³/mol. The third-order valence-electron chi connectivity index (χ3n) is 5.99. The second-order valence-corrected chi connectivity index (χ2v) is 9.78. The summed E-state index contributed by atoms with van der Waals surface area (Å²) in [4.78, 5) is 40.6. The number of rotatable bonds is 9. The van der Waals surface area contributed by atoms with Crippen molar-refractivity contribution in [2.75, 3.05) is 31.6 Å². The van der Waals surface area contributed by atoms with Crippen LogP contribution in [0, 0.1) is 18.8 Å². The fourth-order valence-corrected chi connectivity index (χ4v) is 4.89. The van der Waals surface area contributed by atoms with Crippen molar-refractivity contribution >= 4 is 34.1 Å². The molecule has 0 spiro atoms. The number of likely N-dealkylation sites (tertiary alicyclic amines) is 1. The molecule has 0 saturated carbocycles. The van der Waals surface area contributed by atoms with E-state index in [2.05, 4.69) is 29.4 Å². The third kappa shape index (κ3) is 6.77. The molecule has 7 nitrogen and oxygen atoms in total. The van der Waals surface area contributed by atoms with Gasteiger partial charge < -0.3 is 15.4 Å². The van der Waals surface area contributed by atoms with Crippen molar-refractivity contribution in [1.29, 1.82) is 0 Å². The van der Waals surface area contributed by atoms with E-state index >= 15 is 0 Å². The molecule has 174 valence electrons. The zero-order valence-electron chi connectivity index (χ0n) is 19.7. The molecule has 1 aliphatic heterocycles. The van der Waals surface area contributed by atoms with Gasteiger partial charge in [-0.1, -0.05) is 20.8 Å². The van der Waals surface area contributed by atoms with Crippen molar-refractivity contribution in [3.05, 3.63) is 16.0 Å². The number of thiophene rings is 1. The van der Waals surface area contributed by atoms with Crippen molar-refractivity contribution in [2.45, 2.75) is 66.8 Å².